The summed E-state index contributed by atoms with van der Waals surface area (Å²) in [5, 5.41) is 13.1. The Morgan fingerprint density at radius 1 is 1.35 bits per heavy atom. The lowest BCUT2D eigenvalue weighted by molar-refractivity contribution is -0.384. The smallest absolute Gasteiger partial charge is 0.295 e. The highest BCUT2D eigenvalue weighted by molar-refractivity contribution is 6.04. The zero-order valence-electron chi connectivity index (χ0n) is 10.0. The van der Waals surface area contributed by atoms with Crippen LogP contribution >= 0.6 is 0 Å². The lowest BCUT2D eigenvalue weighted by Gasteiger charge is -2.05. The van der Waals surface area contributed by atoms with Crippen molar-refractivity contribution in [1.29, 1.82) is 0 Å². The normalized spacial score (nSPS) is 10.1. The molecule has 0 aliphatic heterocycles. The number of nitrogens with zero attached hydrogens (tertiary/aromatic N) is 2. The second kappa shape index (κ2) is 5.31. The van der Waals surface area contributed by atoms with Crippen LogP contribution in [-0.4, -0.2) is 15.8 Å². The first-order valence-corrected chi connectivity index (χ1v) is 5.44. The van der Waals surface area contributed by atoms with Crippen molar-refractivity contribution in [1.82, 2.24) is 4.98 Å². The average molecular weight is 276 g/mol. The molecule has 0 spiro atoms. The fourth-order valence-corrected chi connectivity index (χ4v) is 1.49. The lowest BCUT2D eigenvalue weighted by Crippen LogP contribution is -2.14. The number of hydrogen-bond donors (Lipinski definition) is 2. The number of nitro benzene ring substituents is 1. The van der Waals surface area contributed by atoms with E-state index < -0.39 is 22.3 Å². The number of nitrogens with one attached hydrogen (secondary N) is 1. The van der Waals surface area contributed by atoms with Gasteiger partial charge < -0.3 is 11.1 Å². The molecule has 0 fully saturated rings. The number of hydrogen-bond acceptors (Lipinski definition) is 5. The molecule has 1 aromatic heterocycles. The van der Waals surface area contributed by atoms with Gasteiger partial charge in [-0.15, -0.1) is 0 Å². The van der Waals surface area contributed by atoms with Crippen molar-refractivity contribution < 1.29 is 14.1 Å². The van der Waals surface area contributed by atoms with Crippen molar-refractivity contribution in [3.8, 4) is 0 Å². The molecule has 0 radical (unpaired) electrons. The largest absolute Gasteiger partial charge is 0.397 e. The van der Waals surface area contributed by atoms with Gasteiger partial charge in [0, 0.05) is 0 Å². The average Bonchev–Trinajstić information content (AvgIpc) is 2.41. The van der Waals surface area contributed by atoms with Crippen LogP contribution in [0.1, 0.15) is 10.5 Å². The van der Waals surface area contributed by atoms with Crippen LogP contribution < -0.4 is 11.1 Å². The first kappa shape index (κ1) is 13.4. The van der Waals surface area contributed by atoms with Crippen molar-refractivity contribution in [3.05, 3.63) is 58.2 Å². The number of carbonyl (C=O) groups is 1. The van der Waals surface area contributed by atoms with Crippen molar-refractivity contribution in [2.45, 2.75) is 0 Å². The Kier molecular flexibility index (Phi) is 3.56. The molecule has 102 valence electrons. The van der Waals surface area contributed by atoms with E-state index in [-0.39, 0.29) is 11.4 Å². The van der Waals surface area contributed by atoms with Crippen LogP contribution in [0.2, 0.25) is 0 Å². The molecule has 0 saturated carbocycles. The first-order chi connectivity index (χ1) is 9.47. The third-order valence-electron chi connectivity index (χ3n) is 2.42. The summed E-state index contributed by atoms with van der Waals surface area (Å²) in [7, 11) is 0. The van der Waals surface area contributed by atoms with Crippen LogP contribution in [-0.2, 0) is 0 Å². The van der Waals surface area contributed by atoms with Gasteiger partial charge >= 0.3 is 0 Å². The summed E-state index contributed by atoms with van der Waals surface area (Å²) in [6, 6.07) is 5.70. The molecule has 0 saturated heterocycles. The van der Waals surface area contributed by atoms with Gasteiger partial charge in [0.15, 0.2) is 0 Å². The zero-order valence-corrected chi connectivity index (χ0v) is 10.0. The number of anilines is 2. The fraction of sp³-hybridized carbons (Fsp3) is 0. The van der Waals surface area contributed by atoms with Gasteiger partial charge in [0.1, 0.15) is 17.2 Å². The Morgan fingerprint density at radius 2 is 2.10 bits per heavy atom. The molecule has 7 nitrogen and oxygen atoms in total. The summed E-state index contributed by atoms with van der Waals surface area (Å²) >= 11 is 0. The third kappa shape index (κ3) is 2.86. The van der Waals surface area contributed by atoms with E-state index in [1.54, 1.807) is 0 Å². The minimum Gasteiger partial charge on any atom is -0.397 e. The second-order valence-corrected chi connectivity index (χ2v) is 3.85. The van der Waals surface area contributed by atoms with Gasteiger partial charge in [-0.2, -0.15) is 0 Å². The molecule has 0 bridgehead atoms. The molecular formula is C12H9FN4O3. The summed E-state index contributed by atoms with van der Waals surface area (Å²) in [5.74, 6) is -1.42. The monoisotopic (exact) mass is 276 g/mol. The van der Waals surface area contributed by atoms with Crippen LogP contribution in [0.4, 0.5) is 21.5 Å². The molecule has 0 aliphatic carbocycles. The molecule has 2 rings (SSSR count). The number of aromatic nitrogens is 1. The van der Waals surface area contributed by atoms with E-state index in [0.29, 0.717) is 5.69 Å². The van der Waals surface area contributed by atoms with E-state index in [0.717, 1.165) is 18.2 Å². The predicted molar refractivity (Wildman–Crippen MR) is 69.7 cm³/mol. The summed E-state index contributed by atoms with van der Waals surface area (Å²) in [5.41, 5.74) is 5.21. The van der Waals surface area contributed by atoms with E-state index in [1.807, 2.05) is 0 Å². The third-order valence-corrected chi connectivity index (χ3v) is 2.42. The van der Waals surface area contributed by atoms with E-state index in [2.05, 4.69) is 10.3 Å². The Hall–Kier alpha value is -3.03. The number of benzene rings is 1. The van der Waals surface area contributed by atoms with Gasteiger partial charge in [-0.3, -0.25) is 14.9 Å². The summed E-state index contributed by atoms with van der Waals surface area (Å²) in [6.07, 6.45) is 1.29. The van der Waals surface area contributed by atoms with E-state index in [4.69, 9.17) is 5.73 Å². The minimum absolute atomic E-state index is 0.0397. The Balaban J connectivity index is 2.28. The SMILES string of the molecule is Nc1ccc(C(=O)Nc2ccc(F)cc2[N+](=O)[O-])nc1. The number of nitro groups is 1. The van der Waals surface area contributed by atoms with Crippen molar-refractivity contribution in [2.75, 3.05) is 11.1 Å². The Bertz CT molecular complexity index is 673. The van der Waals surface area contributed by atoms with Crippen molar-refractivity contribution in [2.24, 2.45) is 0 Å². The molecule has 1 heterocycles. The highest BCUT2D eigenvalue weighted by Crippen LogP contribution is 2.25. The molecule has 0 aliphatic rings. The minimum atomic E-state index is -0.783. The molecule has 0 unspecified atom stereocenters. The second-order valence-electron chi connectivity index (χ2n) is 3.85. The molecule has 3 N–H and O–H groups in total. The Labute approximate surface area is 112 Å². The molecular weight excluding hydrogens is 267 g/mol. The number of nitrogens with two attached hydrogens (primary N) is 1. The number of rotatable bonds is 3. The maximum atomic E-state index is 13.0. The van der Waals surface area contributed by atoms with Gasteiger partial charge in [0.05, 0.1) is 22.9 Å². The van der Waals surface area contributed by atoms with Crippen LogP contribution in [0.25, 0.3) is 0 Å². The predicted octanol–water partition coefficient (Wildman–Crippen LogP) is 1.96. The highest BCUT2D eigenvalue weighted by atomic mass is 19.1. The summed E-state index contributed by atoms with van der Waals surface area (Å²) < 4.78 is 13.0. The zero-order chi connectivity index (χ0) is 14.7. The van der Waals surface area contributed by atoms with Crippen LogP contribution in [0.15, 0.2) is 36.5 Å². The van der Waals surface area contributed by atoms with E-state index in [9.17, 15) is 19.3 Å². The number of carbonyl (C=O) groups excluding carboxylic acids is 1. The maximum absolute atomic E-state index is 13.0. The quantitative estimate of drug-likeness (QED) is 0.657. The molecule has 20 heavy (non-hydrogen) atoms. The van der Waals surface area contributed by atoms with Crippen LogP contribution in [0, 0.1) is 15.9 Å². The fourth-order valence-electron chi connectivity index (χ4n) is 1.49. The topological polar surface area (TPSA) is 111 Å². The lowest BCUT2D eigenvalue weighted by atomic mass is 10.2. The standard InChI is InChI=1S/C12H9FN4O3/c13-7-1-3-9(11(5-7)17(19)20)16-12(18)10-4-2-8(14)6-15-10/h1-6H,14H2,(H,16,18). The molecule has 0 atom stereocenters. The number of amides is 1. The highest BCUT2D eigenvalue weighted by Gasteiger charge is 2.18. The van der Waals surface area contributed by atoms with Gasteiger partial charge in [0.2, 0.25) is 0 Å². The van der Waals surface area contributed by atoms with Gasteiger partial charge in [-0.25, -0.2) is 9.37 Å². The van der Waals surface area contributed by atoms with Crippen LogP contribution in [0.3, 0.4) is 0 Å². The van der Waals surface area contributed by atoms with Crippen molar-refractivity contribution >= 4 is 23.0 Å². The van der Waals surface area contributed by atoms with Crippen LogP contribution in [0.5, 0.6) is 0 Å². The van der Waals surface area contributed by atoms with Gasteiger partial charge in [-0.05, 0) is 24.3 Å². The van der Waals surface area contributed by atoms with Gasteiger partial charge in [-0.1, -0.05) is 0 Å². The summed E-state index contributed by atoms with van der Waals surface area (Å²) in [6.45, 7) is 0. The summed E-state index contributed by atoms with van der Waals surface area (Å²) in [4.78, 5) is 25.6. The number of halogens is 1. The Morgan fingerprint density at radius 3 is 2.70 bits per heavy atom. The molecule has 2 aromatic rings. The van der Waals surface area contributed by atoms with Gasteiger partial charge in [0.25, 0.3) is 11.6 Å². The maximum Gasteiger partial charge on any atom is 0.295 e. The number of nitrogen functional groups attached to an aromatic ring is 1. The van der Waals surface area contributed by atoms with E-state index >= 15 is 0 Å². The molecule has 1 aromatic carbocycles. The molecule has 8 heteroatoms. The van der Waals surface area contributed by atoms with Crippen molar-refractivity contribution in [3.63, 3.8) is 0 Å². The number of pyridine rings is 1. The van der Waals surface area contributed by atoms with E-state index in [1.165, 1.54) is 18.3 Å². The molecule has 1 amide bonds. The first-order valence-electron chi connectivity index (χ1n) is 5.44.